The standard InChI is InChI=1S/C13H17ClINO/c1-9-5-3-7-11(12(9)15)13(17)16-8-4-6-10(2)14/h3,5,7,10H,4,6,8H2,1-2H3,(H,16,17). The molecule has 1 unspecified atom stereocenters. The third kappa shape index (κ3) is 4.84. The van der Waals surface area contributed by atoms with E-state index in [0.717, 1.165) is 27.5 Å². The number of nitrogens with one attached hydrogen (secondary N) is 1. The lowest BCUT2D eigenvalue weighted by molar-refractivity contribution is 0.0952. The minimum atomic E-state index is 0.000301. The van der Waals surface area contributed by atoms with Gasteiger partial charge in [0.1, 0.15) is 0 Å². The van der Waals surface area contributed by atoms with E-state index in [1.807, 2.05) is 32.0 Å². The van der Waals surface area contributed by atoms with Crippen molar-refractivity contribution in [1.29, 1.82) is 0 Å². The van der Waals surface area contributed by atoms with Crippen molar-refractivity contribution in [2.24, 2.45) is 0 Å². The second-order valence-corrected chi connectivity index (χ2v) is 5.94. The van der Waals surface area contributed by atoms with Gasteiger partial charge in [-0.05, 0) is 60.9 Å². The zero-order valence-corrected chi connectivity index (χ0v) is 13.0. The summed E-state index contributed by atoms with van der Waals surface area (Å²) < 4.78 is 1.02. The monoisotopic (exact) mass is 365 g/mol. The number of halogens is 2. The first-order chi connectivity index (χ1) is 8.02. The third-order valence-electron chi connectivity index (χ3n) is 2.50. The van der Waals surface area contributed by atoms with Crippen LogP contribution in [0, 0.1) is 10.5 Å². The van der Waals surface area contributed by atoms with E-state index in [0.29, 0.717) is 6.54 Å². The summed E-state index contributed by atoms with van der Waals surface area (Å²) >= 11 is 8.05. The Labute approximate surface area is 121 Å². The van der Waals surface area contributed by atoms with Crippen LogP contribution in [0.2, 0.25) is 0 Å². The summed E-state index contributed by atoms with van der Waals surface area (Å²) in [5.74, 6) is 0.000301. The van der Waals surface area contributed by atoms with Crippen LogP contribution >= 0.6 is 34.2 Å². The fraction of sp³-hybridized carbons (Fsp3) is 0.462. The highest BCUT2D eigenvalue weighted by Crippen LogP contribution is 2.16. The fourth-order valence-electron chi connectivity index (χ4n) is 1.50. The third-order valence-corrected chi connectivity index (χ3v) is 4.15. The smallest absolute Gasteiger partial charge is 0.252 e. The zero-order valence-electron chi connectivity index (χ0n) is 10.1. The average Bonchev–Trinajstić information content (AvgIpc) is 2.27. The van der Waals surface area contributed by atoms with Crippen LogP contribution in [0.4, 0.5) is 0 Å². The van der Waals surface area contributed by atoms with E-state index in [4.69, 9.17) is 11.6 Å². The fourth-order valence-corrected chi connectivity index (χ4v) is 2.26. The Morgan fingerprint density at radius 3 is 2.88 bits per heavy atom. The molecule has 0 saturated heterocycles. The van der Waals surface area contributed by atoms with Crippen molar-refractivity contribution >= 4 is 40.1 Å². The summed E-state index contributed by atoms with van der Waals surface area (Å²) in [4.78, 5) is 11.9. The molecule has 0 fully saturated rings. The van der Waals surface area contributed by atoms with Crippen molar-refractivity contribution in [2.75, 3.05) is 6.54 Å². The molecular formula is C13H17ClINO. The quantitative estimate of drug-likeness (QED) is 0.481. The van der Waals surface area contributed by atoms with E-state index in [1.165, 1.54) is 0 Å². The van der Waals surface area contributed by atoms with Crippen molar-refractivity contribution < 1.29 is 4.79 Å². The van der Waals surface area contributed by atoms with Gasteiger partial charge in [0, 0.05) is 15.5 Å². The molecule has 0 bridgehead atoms. The Morgan fingerprint density at radius 1 is 1.53 bits per heavy atom. The molecule has 0 heterocycles. The Bertz CT molecular complexity index is 393. The molecular weight excluding hydrogens is 349 g/mol. The van der Waals surface area contributed by atoms with Gasteiger partial charge in [-0.15, -0.1) is 11.6 Å². The van der Waals surface area contributed by atoms with Crippen molar-refractivity contribution in [3.05, 3.63) is 32.9 Å². The molecule has 1 aromatic carbocycles. The Kier molecular flexibility index (Phi) is 6.27. The summed E-state index contributed by atoms with van der Waals surface area (Å²) in [6.45, 7) is 4.65. The Hall–Kier alpha value is -0.290. The van der Waals surface area contributed by atoms with E-state index < -0.39 is 0 Å². The molecule has 94 valence electrons. The van der Waals surface area contributed by atoms with Crippen LogP contribution in [0.1, 0.15) is 35.7 Å². The lowest BCUT2D eigenvalue weighted by Crippen LogP contribution is -2.25. The second kappa shape index (κ2) is 7.21. The van der Waals surface area contributed by atoms with Crippen LogP contribution in [0.25, 0.3) is 0 Å². The predicted molar refractivity (Wildman–Crippen MR) is 80.8 cm³/mol. The molecule has 0 radical (unpaired) electrons. The van der Waals surface area contributed by atoms with Gasteiger partial charge in [-0.3, -0.25) is 4.79 Å². The Balaban J connectivity index is 2.50. The molecule has 2 nitrogen and oxygen atoms in total. The van der Waals surface area contributed by atoms with E-state index in [9.17, 15) is 4.79 Å². The van der Waals surface area contributed by atoms with E-state index >= 15 is 0 Å². The summed E-state index contributed by atoms with van der Waals surface area (Å²) in [6, 6.07) is 5.77. The van der Waals surface area contributed by atoms with Gasteiger partial charge >= 0.3 is 0 Å². The van der Waals surface area contributed by atoms with Gasteiger partial charge in [0.05, 0.1) is 5.56 Å². The first-order valence-electron chi connectivity index (χ1n) is 5.69. The van der Waals surface area contributed by atoms with Gasteiger partial charge in [-0.25, -0.2) is 0 Å². The molecule has 4 heteroatoms. The maximum Gasteiger partial charge on any atom is 0.252 e. The number of rotatable bonds is 5. The van der Waals surface area contributed by atoms with Gasteiger partial charge in [0.25, 0.3) is 5.91 Å². The number of alkyl halides is 1. The molecule has 17 heavy (non-hydrogen) atoms. The van der Waals surface area contributed by atoms with E-state index in [-0.39, 0.29) is 11.3 Å². The first kappa shape index (κ1) is 14.8. The summed E-state index contributed by atoms with van der Waals surface area (Å²) in [7, 11) is 0. The van der Waals surface area contributed by atoms with Gasteiger partial charge < -0.3 is 5.32 Å². The highest BCUT2D eigenvalue weighted by molar-refractivity contribution is 14.1. The molecule has 1 rings (SSSR count). The van der Waals surface area contributed by atoms with Gasteiger partial charge in [0.15, 0.2) is 0 Å². The maximum absolute atomic E-state index is 11.9. The lowest BCUT2D eigenvalue weighted by atomic mass is 10.1. The molecule has 1 atom stereocenters. The van der Waals surface area contributed by atoms with Crippen LogP contribution < -0.4 is 5.32 Å². The van der Waals surface area contributed by atoms with Crippen LogP contribution in [0.5, 0.6) is 0 Å². The molecule has 0 aromatic heterocycles. The zero-order chi connectivity index (χ0) is 12.8. The minimum absolute atomic E-state index is 0.000301. The molecule has 1 N–H and O–H groups in total. The van der Waals surface area contributed by atoms with Crippen LogP contribution in [0.3, 0.4) is 0 Å². The molecule has 0 aliphatic heterocycles. The van der Waals surface area contributed by atoms with E-state index in [1.54, 1.807) is 0 Å². The second-order valence-electron chi connectivity index (χ2n) is 4.12. The summed E-state index contributed by atoms with van der Waals surface area (Å²) in [6.07, 6.45) is 1.84. The first-order valence-corrected chi connectivity index (χ1v) is 7.21. The normalized spacial score (nSPS) is 12.2. The lowest BCUT2D eigenvalue weighted by Gasteiger charge is -2.08. The molecule has 1 amide bonds. The van der Waals surface area contributed by atoms with Crippen molar-refractivity contribution in [1.82, 2.24) is 5.32 Å². The Morgan fingerprint density at radius 2 is 2.24 bits per heavy atom. The van der Waals surface area contributed by atoms with Crippen molar-refractivity contribution in [3.63, 3.8) is 0 Å². The topological polar surface area (TPSA) is 29.1 Å². The number of carbonyl (C=O) groups excluding carboxylic acids is 1. The highest BCUT2D eigenvalue weighted by atomic mass is 127. The average molecular weight is 366 g/mol. The SMILES string of the molecule is Cc1cccc(C(=O)NCCCC(C)Cl)c1I. The van der Waals surface area contributed by atoms with Gasteiger partial charge in [0.2, 0.25) is 0 Å². The molecule has 0 aliphatic carbocycles. The number of hydrogen-bond acceptors (Lipinski definition) is 1. The summed E-state index contributed by atoms with van der Waals surface area (Å²) in [5.41, 5.74) is 1.89. The number of amides is 1. The summed E-state index contributed by atoms with van der Waals surface area (Å²) in [5, 5.41) is 3.09. The minimum Gasteiger partial charge on any atom is -0.352 e. The van der Waals surface area contributed by atoms with Crippen molar-refractivity contribution in [2.45, 2.75) is 32.1 Å². The predicted octanol–water partition coefficient (Wildman–Crippen LogP) is 3.74. The maximum atomic E-state index is 11.9. The van der Waals surface area contributed by atoms with Crippen LogP contribution in [0.15, 0.2) is 18.2 Å². The van der Waals surface area contributed by atoms with Gasteiger partial charge in [-0.1, -0.05) is 12.1 Å². The highest BCUT2D eigenvalue weighted by Gasteiger charge is 2.10. The van der Waals surface area contributed by atoms with Crippen LogP contribution in [-0.4, -0.2) is 17.8 Å². The number of carbonyl (C=O) groups is 1. The molecule has 0 saturated carbocycles. The number of benzene rings is 1. The van der Waals surface area contributed by atoms with Gasteiger partial charge in [-0.2, -0.15) is 0 Å². The van der Waals surface area contributed by atoms with Crippen molar-refractivity contribution in [3.8, 4) is 0 Å². The molecule has 0 spiro atoms. The van der Waals surface area contributed by atoms with Crippen LogP contribution in [-0.2, 0) is 0 Å². The largest absolute Gasteiger partial charge is 0.352 e. The van der Waals surface area contributed by atoms with E-state index in [2.05, 4.69) is 27.9 Å². The number of hydrogen-bond donors (Lipinski definition) is 1. The number of aryl methyl sites for hydroxylation is 1. The molecule has 0 aliphatic rings. The molecule has 1 aromatic rings.